The Morgan fingerprint density at radius 2 is 1.84 bits per heavy atom. The monoisotopic (exact) mass is 429 g/mol. The number of hydrogen-bond acceptors (Lipinski definition) is 4. The third-order valence-corrected chi connectivity index (χ3v) is 5.74. The van der Waals surface area contributed by atoms with Gasteiger partial charge in [0.15, 0.2) is 0 Å². The van der Waals surface area contributed by atoms with E-state index in [0.717, 1.165) is 51.0 Å². The van der Waals surface area contributed by atoms with Crippen molar-refractivity contribution in [3.63, 3.8) is 0 Å². The summed E-state index contributed by atoms with van der Waals surface area (Å²) in [6.07, 6.45) is 0.772. The third kappa shape index (κ3) is 4.53. The predicted octanol–water partition coefficient (Wildman–Crippen LogP) is 5.64. The van der Waals surface area contributed by atoms with Crippen LogP contribution in [-0.4, -0.2) is 11.1 Å². The van der Waals surface area contributed by atoms with Gasteiger partial charge in [-0.15, -0.1) is 0 Å². The van der Waals surface area contributed by atoms with Gasteiger partial charge in [-0.2, -0.15) is 0 Å². The van der Waals surface area contributed by atoms with Gasteiger partial charge in [-0.05, 0) is 59.9 Å². The molecule has 5 nitrogen and oxygen atoms in total. The second-order valence-corrected chi connectivity index (χ2v) is 7.91. The minimum atomic E-state index is -0.881. The molecule has 0 saturated carbocycles. The van der Waals surface area contributed by atoms with Crippen molar-refractivity contribution in [1.82, 2.24) is 0 Å². The van der Waals surface area contributed by atoms with Crippen LogP contribution in [0.5, 0.6) is 5.75 Å². The molecule has 0 atom stereocenters. The van der Waals surface area contributed by atoms with E-state index in [0.29, 0.717) is 24.5 Å². The van der Waals surface area contributed by atoms with E-state index in [1.165, 1.54) is 0 Å². The van der Waals surface area contributed by atoms with E-state index in [1.807, 2.05) is 49.4 Å². The van der Waals surface area contributed by atoms with Crippen molar-refractivity contribution in [3.05, 3.63) is 88.7 Å². The van der Waals surface area contributed by atoms with Gasteiger partial charge >= 0.3 is 5.97 Å². The fourth-order valence-electron chi connectivity index (χ4n) is 3.92. The summed E-state index contributed by atoms with van der Waals surface area (Å²) in [6.45, 7) is 4.78. The number of carboxylic acid groups (broad SMARTS) is 1. The molecule has 3 aromatic carbocycles. The summed E-state index contributed by atoms with van der Waals surface area (Å²) in [7, 11) is 0. The average molecular weight is 430 g/mol. The zero-order valence-corrected chi connectivity index (χ0v) is 18.4. The number of carboxylic acids is 1. The summed E-state index contributed by atoms with van der Waals surface area (Å²) >= 11 is 0. The summed E-state index contributed by atoms with van der Waals surface area (Å²) in [6, 6.07) is 20.0. The number of nitrogens with two attached hydrogens (primary N) is 1. The Morgan fingerprint density at radius 1 is 1.03 bits per heavy atom. The van der Waals surface area contributed by atoms with Crippen LogP contribution >= 0.6 is 0 Å². The van der Waals surface area contributed by atoms with Crippen molar-refractivity contribution in [1.29, 1.82) is 0 Å². The Kier molecular flexibility index (Phi) is 6.28. The van der Waals surface area contributed by atoms with E-state index in [-0.39, 0.29) is 6.42 Å². The number of rotatable bonds is 8. The summed E-state index contributed by atoms with van der Waals surface area (Å²) in [5, 5.41) is 10.2. The van der Waals surface area contributed by atoms with Crippen molar-refractivity contribution >= 4 is 16.9 Å². The molecule has 0 aliphatic rings. The molecule has 4 aromatic rings. The Morgan fingerprint density at radius 3 is 2.59 bits per heavy atom. The van der Waals surface area contributed by atoms with E-state index in [1.54, 1.807) is 0 Å². The van der Waals surface area contributed by atoms with E-state index < -0.39 is 5.97 Å². The number of hydrogen-bond donors (Lipinski definition) is 2. The maximum atomic E-state index is 11.3. The molecule has 0 bridgehead atoms. The van der Waals surface area contributed by atoms with Crippen LogP contribution in [0.4, 0.5) is 0 Å². The Labute approximate surface area is 187 Å². The van der Waals surface area contributed by atoms with Crippen LogP contribution in [0, 0.1) is 6.92 Å². The Hall–Kier alpha value is -3.57. The summed E-state index contributed by atoms with van der Waals surface area (Å²) in [4.78, 5) is 11.3. The number of fused-ring (bicyclic) bond motifs is 1. The average Bonchev–Trinajstić information content (AvgIpc) is 3.12. The molecule has 3 N–H and O–H groups in total. The quantitative estimate of drug-likeness (QED) is 0.379. The van der Waals surface area contributed by atoms with Gasteiger partial charge in [-0.1, -0.05) is 43.3 Å². The molecule has 0 saturated heterocycles. The molecule has 4 rings (SSSR count). The van der Waals surface area contributed by atoms with E-state index in [2.05, 4.69) is 25.1 Å². The largest absolute Gasteiger partial charge is 0.488 e. The van der Waals surface area contributed by atoms with Crippen LogP contribution < -0.4 is 10.5 Å². The lowest BCUT2D eigenvalue weighted by atomic mass is 10.0. The van der Waals surface area contributed by atoms with Gasteiger partial charge in [0, 0.05) is 23.1 Å². The molecule has 1 heterocycles. The first-order valence-electron chi connectivity index (χ1n) is 10.8. The first-order chi connectivity index (χ1) is 15.5. The van der Waals surface area contributed by atoms with Crippen LogP contribution in [0.25, 0.3) is 22.1 Å². The summed E-state index contributed by atoms with van der Waals surface area (Å²) in [5.74, 6) is 0.514. The van der Waals surface area contributed by atoms with Crippen LogP contribution in [-0.2, 0) is 30.8 Å². The molecule has 0 fully saturated rings. The molecule has 32 heavy (non-hydrogen) atoms. The molecular formula is C27H27NO4. The number of aryl methyl sites for hydroxylation is 2. The van der Waals surface area contributed by atoms with Gasteiger partial charge in [0.1, 0.15) is 23.7 Å². The van der Waals surface area contributed by atoms with Crippen molar-refractivity contribution in [2.45, 2.75) is 39.8 Å². The Balaban J connectivity index is 1.68. The normalized spacial score (nSPS) is 11.1. The first kappa shape index (κ1) is 21.7. The molecule has 0 aliphatic heterocycles. The van der Waals surface area contributed by atoms with Gasteiger partial charge in [-0.3, -0.25) is 4.79 Å². The number of ether oxygens (including phenoxy) is 1. The zero-order valence-electron chi connectivity index (χ0n) is 18.4. The highest BCUT2D eigenvalue weighted by atomic mass is 16.5. The van der Waals surface area contributed by atoms with Gasteiger partial charge in [0.05, 0.1) is 6.42 Å². The molecule has 5 heteroatoms. The molecule has 0 radical (unpaired) electrons. The summed E-state index contributed by atoms with van der Waals surface area (Å²) in [5.41, 5.74) is 12.6. The predicted molar refractivity (Wildman–Crippen MR) is 126 cm³/mol. The maximum absolute atomic E-state index is 11.3. The first-order valence-corrected chi connectivity index (χ1v) is 10.8. The molecule has 0 aliphatic carbocycles. The number of carbonyl (C=O) groups is 1. The van der Waals surface area contributed by atoms with E-state index in [4.69, 9.17) is 14.9 Å². The topological polar surface area (TPSA) is 85.7 Å². The van der Waals surface area contributed by atoms with Gasteiger partial charge in [-0.25, -0.2) is 0 Å². The minimum absolute atomic E-state index is 0.0773. The fourth-order valence-corrected chi connectivity index (χ4v) is 3.92. The van der Waals surface area contributed by atoms with Crippen molar-refractivity contribution in [2.75, 3.05) is 0 Å². The fraction of sp³-hybridized carbons (Fsp3) is 0.222. The van der Waals surface area contributed by atoms with Gasteiger partial charge < -0.3 is 20.0 Å². The lowest BCUT2D eigenvalue weighted by Crippen LogP contribution is -2.05. The minimum Gasteiger partial charge on any atom is -0.488 e. The SMILES string of the molecule is CCc1ccc(CC(=O)O)c(OCc2c(C)oc3ccc(-c4cccc(CN)c4)cc23)c1. The summed E-state index contributed by atoms with van der Waals surface area (Å²) < 4.78 is 12.1. The van der Waals surface area contributed by atoms with Crippen molar-refractivity contribution in [3.8, 4) is 16.9 Å². The molecule has 0 amide bonds. The van der Waals surface area contributed by atoms with E-state index in [9.17, 15) is 9.90 Å². The highest BCUT2D eigenvalue weighted by Gasteiger charge is 2.15. The van der Waals surface area contributed by atoms with Crippen molar-refractivity contribution in [2.24, 2.45) is 5.73 Å². The van der Waals surface area contributed by atoms with Crippen LogP contribution in [0.1, 0.15) is 34.9 Å². The second-order valence-electron chi connectivity index (χ2n) is 7.91. The Bertz CT molecular complexity index is 1270. The van der Waals surface area contributed by atoms with Crippen molar-refractivity contribution < 1.29 is 19.1 Å². The standard InChI is InChI=1S/C27H27NO4/c1-3-18-7-8-22(14-27(29)30)26(12-18)31-16-24-17(2)32-25-10-9-21(13-23(24)25)20-6-4-5-19(11-20)15-28/h4-13H,3,14-16,28H2,1-2H3,(H,29,30). The van der Waals surface area contributed by atoms with Crippen LogP contribution in [0.15, 0.2) is 65.1 Å². The zero-order chi connectivity index (χ0) is 22.7. The molecular weight excluding hydrogens is 402 g/mol. The number of furan rings is 1. The highest BCUT2D eigenvalue weighted by Crippen LogP contribution is 2.32. The maximum Gasteiger partial charge on any atom is 0.307 e. The lowest BCUT2D eigenvalue weighted by molar-refractivity contribution is -0.136. The second kappa shape index (κ2) is 9.28. The molecule has 1 aromatic heterocycles. The molecule has 0 unspecified atom stereocenters. The highest BCUT2D eigenvalue weighted by molar-refractivity contribution is 5.87. The number of aliphatic carboxylic acids is 1. The molecule has 164 valence electrons. The smallest absolute Gasteiger partial charge is 0.307 e. The van der Waals surface area contributed by atoms with Crippen LogP contribution in [0.2, 0.25) is 0 Å². The number of benzene rings is 3. The lowest BCUT2D eigenvalue weighted by Gasteiger charge is -2.12. The van der Waals surface area contributed by atoms with Gasteiger partial charge in [0.25, 0.3) is 0 Å². The van der Waals surface area contributed by atoms with Gasteiger partial charge in [0.2, 0.25) is 0 Å². The van der Waals surface area contributed by atoms with E-state index >= 15 is 0 Å². The third-order valence-electron chi connectivity index (χ3n) is 5.74. The van der Waals surface area contributed by atoms with Crippen LogP contribution in [0.3, 0.4) is 0 Å². The molecule has 0 spiro atoms.